The van der Waals surface area contributed by atoms with E-state index in [9.17, 15) is 9.59 Å². The van der Waals surface area contributed by atoms with Crippen LogP contribution in [-0.2, 0) is 14.3 Å². The van der Waals surface area contributed by atoms with Gasteiger partial charge in [0.25, 0.3) is 0 Å². The molecule has 0 atom stereocenters. The number of carbonyl (C=O) groups is 2. The van der Waals surface area contributed by atoms with Gasteiger partial charge in [0.2, 0.25) is 5.91 Å². The van der Waals surface area contributed by atoms with Crippen molar-refractivity contribution in [3.8, 4) is 0 Å². The van der Waals surface area contributed by atoms with E-state index in [0.717, 1.165) is 19.5 Å². The summed E-state index contributed by atoms with van der Waals surface area (Å²) < 4.78 is 4.50. The van der Waals surface area contributed by atoms with Gasteiger partial charge in [-0.1, -0.05) is 6.92 Å². The average molecular weight is 259 g/mol. The van der Waals surface area contributed by atoms with Crippen LogP contribution < -0.4 is 16.0 Å². The Hall–Kier alpha value is -1.14. The van der Waals surface area contributed by atoms with Gasteiger partial charge in [-0.25, -0.2) is 0 Å². The van der Waals surface area contributed by atoms with E-state index in [1.54, 1.807) is 0 Å². The molecule has 3 N–H and O–H groups in total. The number of esters is 1. The largest absolute Gasteiger partial charge is 0.469 e. The fraction of sp³-hybridized carbons (Fsp3) is 0.833. The first kappa shape index (κ1) is 16.9. The quantitative estimate of drug-likeness (QED) is 0.349. The molecule has 0 rings (SSSR count). The van der Waals surface area contributed by atoms with Gasteiger partial charge in [0.05, 0.1) is 13.5 Å². The second kappa shape index (κ2) is 12.3. The summed E-state index contributed by atoms with van der Waals surface area (Å²) in [5.74, 6) is -0.179. The first-order valence-corrected chi connectivity index (χ1v) is 6.45. The minimum atomic E-state index is -0.228. The summed E-state index contributed by atoms with van der Waals surface area (Å²) in [6, 6.07) is 0. The number of hydrogen-bond acceptors (Lipinski definition) is 5. The molecule has 0 aromatic rings. The molecule has 1 amide bonds. The van der Waals surface area contributed by atoms with Crippen molar-refractivity contribution in [3.05, 3.63) is 0 Å². The molecular formula is C12H25N3O3. The highest BCUT2D eigenvalue weighted by Crippen LogP contribution is 1.81. The summed E-state index contributed by atoms with van der Waals surface area (Å²) in [7, 11) is 1.37. The van der Waals surface area contributed by atoms with E-state index in [-0.39, 0.29) is 11.9 Å². The highest BCUT2D eigenvalue weighted by Gasteiger charge is 2.00. The second-order valence-corrected chi connectivity index (χ2v) is 3.93. The van der Waals surface area contributed by atoms with E-state index in [1.807, 2.05) is 0 Å². The third-order valence-electron chi connectivity index (χ3n) is 2.31. The molecule has 18 heavy (non-hydrogen) atoms. The Labute approximate surface area is 109 Å². The van der Waals surface area contributed by atoms with Crippen LogP contribution >= 0.6 is 0 Å². The minimum absolute atomic E-state index is 0.0494. The lowest BCUT2D eigenvalue weighted by Crippen LogP contribution is -2.34. The summed E-state index contributed by atoms with van der Waals surface area (Å²) in [5.41, 5.74) is 0. The molecular weight excluding hydrogens is 234 g/mol. The van der Waals surface area contributed by atoms with Crippen molar-refractivity contribution in [3.63, 3.8) is 0 Å². The number of methoxy groups -OCH3 is 1. The number of nitrogens with one attached hydrogen (secondary N) is 3. The van der Waals surface area contributed by atoms with Crippen molar-refractivity contribution in [1.82, 2.24) is 16.0 Å². The summed E-state index contributed by atoms with van der Waals surface area (Å²) in [4.78, 5) is 22.1. The van der Waals surface area contributed by atoms with Gasteiger partial charge in [0.1, 0.15) is 0 Å². The van der Waals surface area contributed by atoms with Crippen LogP contribution in [0.1, 0.15) is 26.2 Å². The Kier molecular flexibility index (Phi) is 11.5. The third-order valence-corrected chi connectivity index (χ3v) is 2.31. The van der Waals surface area contributed by atoms with Gasteiger partial charge in [-0.3, -0.25) is 9.59 Å². The molecule has 0 bridgehead atoms. The highest BCUT2D eigenvalue weighted by atomic mass is 16.5. The van der Waals surface area contributed by atoms with Gasteiger partial charge in [-0.15, -0.1) is 0 Å². The molecule has 0 fully saturated rings. The zero-order valence-electron chi connectivity index (χ0n) is 11.4. The lowest BCUT2D eigenvalue weighted by molar-refractivity contribution is -0.140. The Bertz CT molecular complexity index is 235. The number of carbonyl (C=O) groups excluding carboxylic acids is 2. The highest BCUT2D eigenvalue weighted by molar-refractivity contribution is 5.76. The number of rotatable bonds is 11. The minimum Gasteiger partial charge on any atom is -0.469 e. The Morgan fingerprint density at radius 3 is 2.28 bits per heavy atom. The SMILES string of the molecule is CCCNCCC(=O)NCCNCCC(=O)OC. The Balaban J connectivity index is 3.22. The molecule has 0 aliphatic carbocycles. The van der Waals surface area contributed by atoms with Crippen LogP contribution in [0.15, 0.2) is 0 Å². The summed E-state index contributed by atoms with van der Waals surface area (Å²) >= 11 is 0. The fourth-order valence-electron chi connectivity index (χ4n) is 1.30. The molecule has 0 heterocycles. The summed E-state index contributed by atoms with van der Waals surface area (Å²) in [5, 5.41) is 9.02. The van der Waals surface area contributed by atoms with E-state index in [1.165, 1.54) is 7.11 Å². The predicted octanol–water partition coefficient (Wildman–Crippen LogP) is -0.355. The number of amides is 1. The topological polar surface area (TPSA) is 79.5 Å². The van der Waals surface area contributed by atoms with Gasteiger partial charge in [-0.05, 0) is 13.0 Å². The van der Waals surface area contributed by atoms with Crippen LogP contribution in [0.3, 0.4) is 0 Å². The van der Waals surface area contributed by atoms with E-state index >= 15 is 0 Å². The Morgan fingerprint density at radius 1 is 0.944 bits per heavy atom. The normalized spacial score (nSPS) is 10.1. The van der Waals surface area contributed by atoms with Crippen LogP contribution in [0.25, 0.3) is 0 Å². The standard InChI is InChI=1S/C12H25N3O3/c1-3-6-13-7-4-11(16)15-10-9-14-8-5-12(17)18-2/h13-14H,3-10H2,1-2H3,(H,15,16). The van der Waals surface area contributed by atoms with Crippen molar-refractivity contribution in [2.24, 2.45) is 0 Å². The van der Waals surface area contributed by atoms with Crippen molar-refractivity contribution >= 4 is 11.9 Å². The molecule has 6 heteroatoms. The first-order chi connectivity index (χ1) is 8.70. The van der Waals surface area contributed by atoms with Gasteiger partial charge in [-0.2, -0.15) is 0 Å². The van der Waals surface area contributed by atoms with Crippen LogP contribution in [0.5, 0.6) is 0 Å². The van der Waals surface area contributed by atoms with Crippen LogP contribution in [0.4, 0.5) is 0 Å². The molecule has 0 aromatic carbocycles. The maximum atomic E-state index is 11.3. The molecule has 0 aromatic heterocycles. The second-order valence-electron chi connectivity index (χ2n) is 3.93. The van der Waals surface area contributed by atoms with Crippen molar-refractivity contribution in [2.75, 3.05) is 39.8 Å². The third kappa shape index (κ3) is 11.3. The van der Waals surface area contributed by atoms with Crippen LogP contribution in [-0.4, -0.2) is 51.7 Å². The molecule has 0 aliphatic heterocycles. The smallest absolute Gasteiger partial charge is 0.306 e. The Morgan fingerprint density at radius 2 is 1.61 bits per heavy atom. The zero-order valence-corrected chi connectivity index (χ0v) is 11.4. The van der Waals surface area contributed by atoms with E-state index in [2.05, 4.69) is 27.6 Å². The maximum Gasteiger partial charge on any atom is 0.306 e. The molecule has 0 saturated carbocycles. The predicted molar refractivity (Wildman–Crippen MR) is 70.3 cm³/mol. The lowest BCUT2D eigenvalue weighted by atomic mass is 10.3. The van der Waals surface area contributed by atoms with Crippen molar-refractivity contribution in [1.29, 1.82) is 0 Å². The molecule has 0 radical (unpaired) electrons. The number of hydrogen-bond donors (Lipinski definition) is 3. The van der Waals surface area contributed by atoms with E-state index in [4.69, 9.17) is 0 Å². The summed E-state index contributed by atoms with van der Waals surface area (Å²) in [6.07, 6.45) is 1.93. The molecule has 0 saturated heterocycles. The molecule has 0 spiro atoms. The first-order valence-electron chi connectivity index (χ1n) is 6.45. The van der Waals surface area contributed by atoms with Crippen molar-refractivity contribution in [2.45, 2.75) is 26.2 Å². The van der Waals surface area contributed by atoms with Gasteiger partial charge < -0.3 is 20.7 Å². The molecule has 106 valence electrons. The zero-order chi connectivity index (χ0) is 13.6. The molecule has 0 unspecified atom stereocenters. The van der Waals surface area contributed by atoms with E-state index < -0.39 is 0 Å². The van der Waals surface area contributed by atoms with Gasteiger partial charge >= 0.3 is 5.97 Å². The molecule has 0 aliphatic rings. The van der Waals surface area contributed by atoms with Gasteiger partial charge in [0.15, 0.2) is 0 Å². The van der Waals surface area contributed by atoms with Crippen LogP contribution in [0.2, 0.25) is 0 Å². The van der Waals surface area contributed by atoms with Crippen LogP contribution in [0, 0.1) is 0 Å². The lowest BCUT2D eigenvalue weighted by Gasteiger charge is -2.07. The van der Waals surface area contributed by atoms with Crippen molar-refractivity contribution < 1.29 is 14.3 Å². The average Bonchev–Trinajstić information content (AvgIpc) is 2.38. The van der Waals surface area contributed by atoms with Gasteiger partial charge in [0, 0.05) is 32.6 Å². The number of ether oxygens (including phenoxy) is 1. The fourth-order valence-corrected chi connectivity index (χ4v) is 1.30. The van der Waals surface area contributed by atoms with E-state index in [0.29, 0.717) is 32.5 Å². The maximum absolute atomic E-state index is 11.3. The summed E-state index contributed by atoms with van der Waals surface area (Å²) in [6.45, 7) is 5.56. The molecule has 6 nitrogen and oxygen atoms in total. The monoisotopic (exact) mass is 259 g/mol.